The van der Waals surface area contributed by atoms with Crippen LogP contribution in [-0.4, -0.2) is 0 Å². The Hall–Kier alpha value is -13.4. The van der Waals surface area contributed by atoms with Gasteiger partial charge in [-0.15, -0.1) is 0 Å². The predicted octanol–water partition coefficient (Wildman–Crippen LogP) is 28.5. The molecule has 0 radical (unpaired) electrons. The third-order valence-corrected chi connectivity index (χ3v) is 20.5. The van der Waals surface area contributed by atoms with Gasteiger partial charge in [-0.1, -0.05) is 334 Å². The predicted molar refractivity (Wildman–Crippen MR) is 432 cm³/mol. The van der Waals surface area contributed by atoms with E-state index < -0.39 is 0 Å². The highest BCUT2D eigenvalue weighted by Crippen LogP contribution is 2.51. The van der Waals surface area contributed by atoms with E-state index in [1.807, 2.05) is 12.1 Å². The fraction of sp³-hybridized carbons (Fsp3) is 0. The van der Waals surface area contributed by atoms with Crippen LogP contribution in [-0.2, 0) is 0 Å². The molecule has 102 heavy (non-hydrogen) atoms. The first kappa shape index (κ1) is 59.8. The van der Waals surface area contributed by atoms with E-state index in [4.69, 9.17) is 8.83 Å². The molecule has 2 nitrogen and oxygen atoms in total. The van der Waals surface area contributed by atoms with Crippen LogP contribution < -0.4 is 0 Å². The van der Waals surface area contributed by atoms with Gasteiger partial charge in [0.05, 0.1) is 0 Å². The minimum absolute atomic E-state index is 0.903. The summed E-state index contributed by atoms with van der Waals surface area (Å²) in [5, 5.41) is 14.4. The van der Waals surface area contributed by atoms with Gasteiger partial charge in [0.2, 0.25) is 0 Å². The molecule has 0 spiro atoms. The zero-order chi connectivity index (χ0) is 67.5. The number of rotatable bonds is 10. The first-order valence-electron chi connectivity index (χ1n) is 35.0. The van der Waals surface area contributed by atoms with Crippen LogP contribution in [0.25, 0.3) is 198 Å². The average molecular weight is 1300 g/mol. The molecule has 20 aromatic rings. The van der Waals surface area contributed by atoms with Gasteiger partial charge in [0.15, 0.2) is 0 Å². The van der Waals surface area contributed by atoms with Crippen molar-refractivity contribution in [3.8, 4) is 111 Å². The molecule has 20 rings (SSSR count). The van der Waals surface area contributed by atoms with Gasteiger partial charge in [-0.25, -0.2) is 0 Å². The fourth-order valence-corrected chi connectivity index (χ4v) is 16.0. The number of para-hydroxylation sites is 2. The number of hydrogen-bond acceptors (Lipinski definition) is 2. The summed E-state index contributed by atoms with van der Waals surface area (Å²) in [5.74, 6) is 0. The lowest BCUT2D eigenvalue weighted by Gasteiger charge is -2.21. The van der Waals surface area contributed by atoms with Crippen LogP contribution in [0.15, 0.2) is 397 Å². The van der Waals surface area contributed by atoms with Crippen molar-refractivity contribution in [2.45, 2.75) is 0 Å². The zero-order valence-electron chi connectivity index (χ0n) is 55.8. The van der Waals surface area contributed by atoms with Gasteiger partial charge in [0.25, 0.3) is 0 Å². The maximum Gasteiger partial charge on any atom is 0.136 e. The minimum atomic E-state index is 0.903. The summed E-state index contributed by atoms with van der Waals surface area (Å²) in [6.07, 6.45) is 0. The lowest BCUT2D eigenvalue weighted by molar-refractivity contribution is 0.668. The zero-order valence-corrected chi connectivity index (χ0v) is 55.8. The lowest BCUT2D eigenvalue weighted by Crippen LogP contribution is -1.94. The van der Waals surface area contributed by atoms with Crippen LogP contribution in [0.2, 0.25) is 0 Å². The molecule has 0 atom stereocenters. The summed E-state index contributed by atoms with van der Waals surface area (Å²) in [6, 6.07) is 140. The Kier molecular flexibility index (Phi) is 14.9. The van der Waals surface area contributed by atoms with Crippen LogP contribution in [0, 0.1) is 0 Å². The lowest BCUT2D eigenvalue weighted by atomic mass is 9.82. The van der Waals surface area contributed by atoms with E-state index in [0.29, 0.717) is 0 Å². The standard InChI is InChI=1S/2C50H32O/c1-3-14-33(15-4-1)35-18-11-20-38(30-35)48-41-22-7-8-23-42(41)49(39-21-12-19-36(31-39)34-16-5-2-6-17-34)45-32-37(28-29-43(45)48)40-25-13-27-47-50(40)44-24-9-10-26-46(44)51-47;1-3-15-33(16-4-1)35-19-13-20-37(31-35)48-41-23-9-10-24-42(41)49(40-22-8-7-21-38(40)34-17-5-2-6-18-34)43-30-29-36(32-45(43)48)39-26-14-28-47-50(39)44-25-11-12-27-46(44)51-47/h2*1-32H. The Balaban J connectivity index is 0.000000141. The third kappa shape index (κ3) is 10.5. The molecule has 2 heteroatoms. The van der Waals surface area contributed by atoms with Crippen molar-refractivity contribution >= 4 is 87.0 Å². The summed E-state index contributed by atoms with van der Waals surface area (Å²) >= 11 is 0. The molecular formula is C100H64O2. The van der Waals surface area contributed by atoms with Crippen molar-refractivity contribution in [2.24, 2.45) is 0 Å². The second-order valence-electron chi connectivity index (χ2n) is 26.4. The molecular weight excluding hydrogens is 1230 g/mol. The average Bonchev–Trinajstić information content (AvgIpc) is 1.11. The molecule has 0 aliphatic rings. The van der Waals surface area contributed by atoms with E-state index >= 15 is 0 Å². The van der Waals surface area contributed by atoms with Crippen molar-refractivity contribution in [3.05, 3.63) is 388 Å². The Labute approximate surface area is 591 Å². The first-order valence-corrected chi connectivity index (χ1v) is 35.0. The highest BCUT2D eigenvalue weighted by Gasteiger charge is 2.24. The maximum absolute atomic E-state index is 6.34. The molecule has 0 bridgehead atoms. The number of furan rings is 2. The van der Waals surface area contributed by atoms with Crippen molar-refractivity contribution in [1.82, 2.24) is 0 Å². The summed E-state index contributed by atoms with van der Waals surface area (Å²) in [6.45, 7) is 0. The van der Waals surface area contributed by atoms with Crippen molar-refractivity contribution < 1.29 is 8.83 Å². The van der Waals surface area contributed by atoms with Crippen molar-refractivity contribution in [3.63, 3.8) is 0 Å². The normalized spacial score (nSPS) is 11.5. The Morgan fingerprint density at radius 1 is 0.127 bits per heavy atom. The molecule has 0 saturated heterocycles. The quantitative estimate of drug-likeness (QED) is 0.128. The topological polar surface area (TPSA) is 26.3 Å². The van der Waals surface area contributed by atoms with Gasteiger partial charge in [0, 0.05) is 21.5 Å². The van der Waals surface area contributed by atoms with Gasteiger partial charge in [0.1, 0.15) is 22.3 Å². The Bertz CT molecular complexity index is 6600. The van der Waals surface area contributed by atoms with Crippen LogP contribution in [0.3, 0.4) is 0 Å². The van der Waals surface area contributed by atoms with Gasteiger partial charge in [-0.2, -0.15) is 0 Å². The Morgan fingerprint density at radius 3 is 0.824 bits per heavy atom. The minimum Gasteiger partial charge on any atom is -0.456 e. The van der Waals surface area contributed by atoms with Crippen molar-refractivity contribution in [2.75, 3.05) is 0 Å². The largest absolute Gasteiger partial charge is 0.456 e. The number of hydrogen-bond donors (Lipinski definition) is 0. The van der Waals surface area contributed by atoms with Gasteiger partial charge < -0.3 is 8.83 Å². The molecule has 0 N–H and O–H groups in total. The molecule has 0 aliphatic carbocycles. The van der Waals surface area contributed by atoms with Crippen LogP contribution in [0.1, 0.15) is 0 Å². The van der Waals surface area contributed by atoms with E-state index in [2.05, 4.69) is 376 Å². The number of fused-ring (bicyclic) bond motifs is 10. The van der Waals surface area contributed by atoms with Crippen LogP contribution in [0.4, 0.5) is 0 Å². The third-order valence-electron chi connectivity index (χ3n) is 20.5. The van der Waals surface area contributed by atoms with Gasteiger partial charge in [-0.3, -0.25) is 0 Å². The first-order chi connectivity index (χ1) is 50.6. The summed E-state index contributed by atoms with van der Waals surface area (Å²) in [7, 11) is 0. The van der Waals surface area contributed by atoms with Crippen LogP contribution in [0.5, 0.6) is 0 Å². The van der Waals surface area contributed by atoms with E-state index in [0.717, 1.165) is 49.4 Å². The van der Waals surface area contributed by atoms with Gasteiger partial charge >= 0.3 is 0 Å². The number of benzene rings is 18. The maximum atomic E-state index is 6.34. The molecule has 0 unspecified atom stereocenters. The molecule has 0 saturated carbocycles. The molecule has 0 aliphatic heterocycles. The van der Waals surface area contributed by atoms with E-state index in [1.165, 1.54) is 149 Å². The fourth-order valence-electron chi connectivity index (χ4n) is 16.0. The second kappa shape index (κ2) is 25.5. The molecule has 2 heterocycles. The van der Waals surface area contributed by atoms with E-state index in [9.17, 15) is 0 Å². The molecule has 18 aromatic carbocycles. The Morgan fingerprint density at radius 2 is 0.402 bits per heavy atom. The SMILES string of the molecule is c1ccc(-c2cccc(-c3c4ccccc4c(-c4cccc(-c5ccccc5)c4)c4cc(-c5cccc6oc7ccccc7c56)ccc34)c2)cc1.c1ccc(-c2cccc(-c3c4ccccc4c(-c4ccccc4-c4ccccc4)c4ccc(-c5cccc6oc7ccccc7c56)cc34)c2)cc1. The van der Waals surface area contributed by atoms with Gasteiger partial charge in [-0.05, 0) is 209 Å². The van der Waals surface area contributed by atoms with Crippen molar-refractivity contribution in [1.29, 1.82) is 0 Å². The summed E-state index contributed by atoms with van der Waals surface area (Å²) in [4.78, 5) is 0. The smallest absolute Gasteiger partial charge is 0.136 e. The van der Waals surface area contributed by atoms with Crippen LogP contribution >= 0.6 is 0 Å². The highest BCUT2D eigenvalue weighted by molar-refractivity contribution is 6.25. The highest BCUT2D eigenvalue weighted by atomic mass is 16.3. The summed E-state index contributed by atoms with van der Waals surface area (Å²) < 4.78 is 12.7. The van der Waals surface area contributed by atoms with E-state index in [1.54, 1.807) is 0 Å². The molecule has 476 valence electrons. The molecule has 2 aromatic heterocycles. The molecule has 0 fully saturated rings. The monoisotopic (exact) mass is 1300 g/mol. The molecule has 0 amide bonds. The second-order valence-corrected chi connectivity index (χ2v) is 26.4. The van der Waals surface area contributed by atoms with E-state index in [-0.39, 0.29) is 0 Å². The summed E-state index contributed by atoms with van der Waals surface area (Å²) in [5.41, 5.74) is 27.8.